The van der Waals surface area contributed by atoms with Crippen molar-refractivity contribution in [3.63, 3.8) is 0 Å². The highest BCUT2D eigenvalue weighted by atomic mass is 19.1. The average Bonchev–Trinajstić information content (AvgIpc) is 3.00. The molecule has 1 heterocycles. The summed E-state index contributed by atoms with van der Waals surface area (Å²) in [5.74, 6) is -0.829. The molecule has 0 spiro atoms. The lowest BCUT2D eigenvalue weighted by molar-refractivity contribution is 0.399. The summed E-state index contributed by atoms with van der Waals surface area (Å²) >= 11 is 0. The molecular weight excluding hydrogens is 340 g/mol. The van der Waals surface area contributed by atoms with E-state index in [9.17, 15) is 8.78 Å². The molecule has 27 heavy (non-hydrogen) atoms. The molecule has 0 aliphatic carbocycles. The Labute approximate surface area is 161 Å². The molecule has 0 unspecified atom stereocenters. The van der Waals surface area contributed by atoms with Gasteiger partial charge in [0.25, 0.3) is 0 Å². The van der Waals surface area contributed by atoms with Crippen molar-refractivity contribution in [3.8, 4) is 11.1 Å². The number of aromatic nitrogens is 1. The molecule has 0 radical (unpaired) electrons. The van der Waals surface area contributed by atoms with E-state index in [1.807, 2.05) is 44.3 Å². The molecule has 1 aromatic heterocycles. The molecule has 144 valence electrons. The first-order valence-electron chi connectivity index (χ1n) is 9.50. The van der Waals surface area contributed by atoms with E-state index in [1.54, 1.807) is 0 Å². The van der Waals surface area contributed by atoms with Crippen LogP contribution in [0.15, 0.2) is 60.8 Å². The third kappa shape index (κ3) is 5.78. The first-order valence-corrected chi connectivity index (χ1v) is 9.50. The Morgan fingerprint density at radius 1 is 0.889 bits per heavy atom. The Morgan fingerprint density at radius 2 is 1.56 bits per heavy atom. The third-order valence-corrected chi connectivity index (χ3v) is 4.13. The number of halogens is 2. The van der Waals surface area contributed by atoms with E-state index in [1.165, 1.54) is 17.7 Å². The zero-order valence-electron chi connectivity index (χ0n) is 16.9. The number of rotatable bonds is 4. The predicted molar refractivity (Wildman–Crippen MR) is 110 cm³/mol. The summed E-state index contributed by atoms with van der Waals surface area (Å²) in [5, 5.41) is 0. The zero-order chi connectivity index (χ0) is 20.0. The molecule has 0 N–H and O–H groups in total. The smallest absolute Gasteiger partial charge is 0.131 e. The Hall–Kier alpha value is -2.42. The highest BCUT2D eigenvalue weighted by Crippen LogP contribution is 2.29. The second kappa shape index (κ2) is 8.98. The van der Waals surface area contributed by atoms with Gasteiger partial charge in [0, 0.05) is 29.6 Å². The molecule has 3 aromatic rings. The summed E-state index contributed by atoms with van der Waals surface area (Å²) in [4.78, 5) is 0. The van der Waals surface area contributed by atoms with Crippen molar-refractivity contribution >= 4 is 0 Å². The van der Waals surface area contributed by atoms with Crippen molar-refractivity contribution in [2.24, 2.45) is 5.41 Å². The number of nitrogens with zero attached hydrogens (tertiary/aromatic N) is 1. The normalized spacial score (nSPS) is 11.1. The summed E-state index contributed by atoms with van der Waals surface area (Å²) in [6.07, 6.45) is 2.78. The Bertz CT molecular complexity index is 858. The Morgan fingerprint density at radius 3 is 2.19 bits per heavy atom. The maximum Gasteiger partial charge on any atom is 0.131 e. The summed E-state index contributed by atoms with van der Waals surface area (Å²) in [7, 11) is 0. The molecule has 0 bridgehead atoms. The van der Waals surface area contributed by atoms with E-state index in [0.29, 0.717) is 17.7 Å². The average molecular weight is 369 g/mol. The highest BCUT2D eigenvalue weighted by Gasteiger charge is 2.18. The molecule has 2 aromatic carbocycles. The van der Waals surface area contributed by atoms with Crippen LogP contribution in [-0.4, -0.2) is 4.57 Å². The van der Waals surface area contributed by atoms with Crippen LogP contribution in [0.3, 0.4) is 0 Å². The van der Waals surface area contributed by atoms with Gasteiger partial charge in [-0.05, 0) is 41.7 Å². The second-order valence-corrected chi connectivity index (χ2v) is 7.70. The fraction of sp³-hybridized carbons (Fsp3) is 0.333. The Balaban J connectivity index is 0.00000126. The summed E-state index contributed by atoms with van der Waals surface area (Å²) < 4.78 is 29.9. The van der Waals surface area contributed by atoms with Gasteiger partial charge in [0.15, 0.2) is 0 Å². The molecular formula is C24H29F2N. The third-order valence-electron chi connectivity index (χ3n) is 4.13. The van der Waals surface area contributed by atoms with Gasteiger partial charge in [-0.1, -0.05) is 65.0 Å². The molecule has 0 fully saturated rings. The van der Waals surface area contributed by atoms with Crippen LogP contribution >= 0.6 is 0 Å². The summed E-state index contributed by atoms with van der Waals surface area (Å²) in [6.45, 7) is 11.2. The molecule has 0 aliphatic rings. The van der Waals surface area contributed by atoms with Crippen LogP contribution in [0, 0.1) is 17.0 Å². The van der Waals surface area contributed by atoms with E-state index in [0.717, 1.165) is 18.2 Å². The predicted octanol–water partition coefficient (Wildman–Crippen LogP) is 7.10. The molecule has 0 atom stereocenters. The van der Waals surface area contributed by atoms with Crippen LogP contribution in [0.5, 0.6) is 0 Å². The standard InChI is InChI=1S/C22H23F2N.C2H6/c1-22(2,3)13-19-11-17(20-12-18(23)9-10-21(20)24)15-25(19)14-16-7-5-4-6-8-16;1-2/h4-12,15H,13-14H2,1-3H3;1-2H3. The molecule has 0 saturated carbocycles. The van der Waals surface area contributed by atoms with Gasteiger partial charge in [-0.15, -0.1) is 0 Å². The van der Waals surface area contributed by atoms with Crippen molar-refractivity contribution in [2.75, 3.05) is 0 Å². The van der Waals surface area contributed by atoms with Gasteiger partial charge in [0.05, 0.1) is 0 Å². The minimum Gasteiger partial charge on any atom is -0.346 e. The van der Waals surface area contributed by atoms with Crippen molar-refractivity contribution in [1.29, 1.82) is 0 Å². The van der Waals surface area contributed by atoms with E-state index in [2.05, 4.69) is 37.5 Å². The lowest BCUT2D eigenvalue weighted by Gasteiger charge is -2.19. The first-order chi connectivity index (χ1) is 12.8. The van der Waals surface area contributed by atoms with Crippen LogP contribution in [0.2, 0.25) is 0 Å². The van der Waals surface area contributed by atoms with Crippen molar-refractivity contribution in [1.82, 2.24) is 4.57 Å². The van der Waals surface area contributed by atoms with Crippen LogP contribution < -0.4 is 0 Å². The molecule has 3 heteroatoms. The van der Waals surface area contributed by atoms with Gasteiger partial charge < -0.3 is 4.57 Å². The first kappa shape index (κ1) is 20.9. The Kier molecular flexibility index (Phi) is 6.95. The quantitative estimate of drug-likeness (QED) is 0.462. The van der Waals surface area contributed by atoms with Crippen LogP contribution in [0.1, 0.15) is 45.9 Å². The zero-order valence-corrected chi connectivity index (χ0v) is 16.9. The topological polar surface area (TPSA) is 4.93 Å². The summed E-state index contributed by atoms with van der Waals surface area (Å²) in [5.41, 5.74) is 3.42. The molecule has 0 saturated heterocycles. The van der Waals surface area contributed by atoms with Crippen molar-refractivity contribution in [3.05, 3.63) is 83.7 Å². The SMILES string of the molecule is CC.CC(C)(C)Cc1cc(-c2cc(F)ccc2F)cn1Cc1ccccc1. The van der Waals surface area contributed by atoms with E-state index < -0.39 is 11.6 Å². The molecule has 3 rings (SSSR count). The van der Waals surface area contributed by atoms with E-state index in [4.69, 9.17) is 0 Å². The van der Waals surface area contributed by atoms with Crippen LogP contribution in [0.25, 0.3) is 11.1 Å². The number of hydrogen-bond donors (Lipinski definition) is 0. The van der Waals surface area contributed by atoms with Crippen molar-refractivity contribution < 1.29 is 8.78 Å². The van der Waals surface area contributed by atoms with Gasteiger partial charge in [0.2, 0.25) is 0 Å². The highest BCUT2D eigenvalue weighted by molar-refractivity contribution is 5.64. The van der Waals surface area contributed by atoms with Gasteiger partial charge in [0.1, 0.15) is 11.6 Å². The minimum absolute atomic E-state index is 0.102. The number of hydrogen-bond acceptors (Lipinski definition) is 0. The summed E-state index contributed by atoms with van der Waals surface area (Å²) in [6, 6.07) is 15.7. The van der Waals surface area contributed by atoms with Gasteiger partial charge >= 0.3 is 0 Å². The molecule has 0 aliphatic heterocycles. The second-order valence-electron chi connectivity index (χ2n) is 7.70. The maximum absolute atomic E-state index is 14.2. The molecule has 1 nitrogen and oxygen atoms in total. The van der Waals surface area contributed by atoms with Gasteiger partial charge in [-0.2, -0.15) is 0 Å². The fourth-order valence-electron chi connectivity index (χ4n) is 3.04. The minimum atomic E-state index is -0.426. The monoisotopic (exact) mass is 369 g/mol. The fourth-order valence-corrected chi connectivity index (χ4v) is 3.04. The van der Waals surface area contributed by atoms with Gasteiger partial charge in [-0.25, -0.2) is 8.78 Å². The van der Waals surface area contributed by atoms with Crippen LogP contribution in [0.4, 0.5) is 8.78 Å². The number of benzene rings is 2. The van der Waals surface area contributed by atoms with Crippen molar-refractivity contribution in [2.45, 2.75) is 47.6 Å². The lowest BCUT2D eigenvalue weighted by atomic mass is 9.90. The van der Waals surface area contributed by atoms with E-state index >= 15 is 0 Å². The lowest BCUT2D eigenvalue weighted by Crippen LogP contribution is -2.13. The van der Waals surface area contributed by atoms with E-state index in [-0.39, 0.29) is 5.41 Å². The largest absolute Gasteiger partial charge is 0.346 e. The molecule has 0 amide bonds. The maximum atomic E-state index is 14.2. The van der Waals surface area contributed by atoms with Gasteiger partial charge in [-0.3, -0.25) is 0 Å². The van der Waals surface area contributed by atoms with Crippen LogP contribution in [-0.2, 0) is 13.0 Å².